The average molecular weight is 368 g/mol. The normalized spacial score (nSPS) is 10.4. The first-order valence-electron chi connectivity index (χ1n) is 8.29. The van der Waals surface area contributed by atoms with E-state index in [1.54, 1.807) is 7.11 Å². The van der Waals surface area contributed by atoms with Gasteiger partial charge in [-0.1, -0.05) is 12.1 Å². The molecule has 0 saturated carbocycles. The van der Waals surface area contributed by atoms with Gasteiger partial charge in [-0.15, -0.1) is 11.3 Å². The first-order valence-corrected chi connectivity index (χ1v) is 9.17. The number of hydrogen-bond donors (Lipinski definition) is 1. The number of benzene rings is 2. The van der Waals surface area contributed by atoms with Gasteiger partial charge in [-0.05, 0) is 48.9 Å². The fraction of sp³-hybridized carbons (Fsp3) is 0.200. The van der Waals surface area contributed by atoms with Crippen LogP contribution < -0.4 is 14.8 Å². The van der Waals surface area contributed by atoms with Gasteiger partial charge in [0.25, 0.3) is 0 Å². The average Bonchev–Trinajstić information content (AvgIpc) is 3.11. The molecule has 0 bridgehead atoms. The number of aromatic nitrogens is 1. The van der Waals surface area contributed by atoms with Crippen LogP contribution in [-0.2, 0) is 11.2 Å². The summed E-state index contributed by atoms with van der Waals surface area (Å²) in [6.45, 7) is 2.59. The Kier molecular flexibility index (Phi) is 5.86. The Labute approximate surface area is 156 Å². The number of rotatable bonds is 7. The highest BCUT2D eigenvalue weighted by atomic mass is 32.1. The van der Waals surface area contributed by atoms with Gasteiger partial charge in [0.2, 0.25) is 5.91 Å². The van der Waals surface area contributed by atoms with E-state index in [1.165, 1.54) is 11.3 Å². The van der Waals surface area contributed by atoms with E-state index in [9.17, 15) is 4.79 Å². The first kappa shape index (κ1) is 17.9. The Morgan fingerprint density at radius 3 is 2.42 bits per heavy atom. The minimum Gasteiger partial charge on any atom is -0.497 e. The van der Waals surface area contributed by atoms with Crippen LogP contribution in [0.1, 0.15) is 12.5 Å². The molecule has 5 nitrogen and oxygen atoms in total. The Morgan fingerprint density at radius 2 is 1.77 bits per heavy atom. The standard InChI is InChI=1S/C20H20N2O3S/c1-3-25-17-10-6-15(7-11-17)18-13-26-20(21-18)22-19(23)12-14-4-8-16(24-2)9-5-14/h4-11,13H,3,12H2,1-2H3,(H,21,22,23). The number of carbonyl (C=O) groups excluding carboxylic acids is 1. The fourth-order valence-electron chi connectivity index (χ4n) is 2.44. The number of hydrogen-bond acceptors (Lipinski definition) is 5. The maximum absolute atomic E-state index is 12.2. The lowest BCUT2D eigenvalue weighted by Crippen LogP contribution is -2.14. The highest BCUT2D eigenvalue weighted by Gasteiger charge is 2.09. The van der Waals surface area contributed by atoms with E-state index >= 15 is 0 Å². The SMILES string of the molecule is CCOc1ccc(-c2csc(NC(=O)Cc3ccc(OC)cc3)n2)cc1. The number of nitrogens with zero attached hydrogens (tertiary/aromatic N) is 1. The minimum atomic E-state index is -0.0947. The van der Waals surface area contributed by atoms with Crippen molar-refractivity contribution >= 4 is 22.4 Å². The number of anilines is 1. The predicted octanol–water partition coefficient (Wildman–Crippen LogP) is 4.40. The smallest absolute Gasteiger partial charge is 0.230 e. The number of carbonyl (C=O) groups is 1. The monoisotopic (exact) mass is 368 g/mol. The van der Waals surface area contributed by atoms with Crippen LogP contribution in [0.25, 0.3) is 11.3 Å². The lowest BCUT2D eigenvalue weighted by Gasteiger charge is -2.04. The maximum Gasteiger partial charge on any atom is 0.230 e. The molecule has 0 aliphatic carbocycles. The second-order valence-electron chi connectivity index (χ2n) is 5.57. The van der Waals surface area contributed by atoms with Crippen LogP contribution in [0.15, 0.2) is 53.9 Å². The molecule has 0 radical (unpaired) electrons. The molecule has 0 spiro atoms. The third-order valence-corrected chi connectivity index (χ3v) is 4.49. The molecule has 1 aromatic heterocycles. The van der Waals surface area contributed by atoms with Crippen molar-refractivity contribution < 1.29 is 14.3 Å². The van der Waals surface area contributed by atoms with Crippen LogP contribution in [0.2, 0.25) is 0 Å². The topological polar surface area (TPSA) is 60.5 Å². The van der Waals surface area contributed by atoms with E-state index in [-0.39, 0.29) is 5.91 Å². The van der Waals surface area contributed by atoms with Crippen molar-refractivity contribution in [1.82, 2.24) is 4.98 Å². The first-order chi connectivity index (χ1) is 12.7. The van der Waals surface area contributed by atoms with Crippen molar-refractivity contribution in [3.8, 4) is 22.8 Å². The molecular weight excluding hydrogens is 348 g/mol. The molecule has 134 valence electrons. The van der Waals surface area contributed by atoms with E-state index in [1.807, 2.05) is 60.8 Å². The number of ether oxygens (including phenoxy) is 2. The summed E-state index contributed by atoms with van der Waals surface area (Å²) in [7, 11) is 1.62. The minimum absolute atomic E-state index is 0.0947. The van der Waals surface area contributed by atoms with Gasteiger partial charge in [0, 0.05) is 10.9 Å². The van der Waals surface area contributed by atoms with Crippen molar-refractivity contribution in [1.29, 1.82) is 0 Å². The van der Waals surface area contributed by atoms with Crippen LogP contribution in [0.3, 0.4) is 0 Å². The zero-order chi connectivity index (χ0) is 18.4. The number of nitrogens with one attached hydrogen (secondary N) is 1. The highest BCUT2D eigenvalue weighted by molar-refractivity contribution is 7.14. The molecule has 2 aromatic carbocycles. The van der Waals surface area contributed by atoms with Crippen molar-refractivity contribution in [3.63, 3.8) is 0 Å². The summed E-state index contributed by atoms with van der Waals surface area (Å²) in [5.41, 5.74) is 2.74. The lowest BCUT2D eigenvalue weighted by molar-refractivity contribution is -0.115. The zero-order valence-electron chi connectivity index (χ0n) is 14.7. The summed E-state index contributed by atoms with van der Waals surface area (Å²) in [4.78, 5) is 16.7. The molecule has 1 heterocycles. The molecule has 6 heteroatoms. The molecule has 3 rings (SSSR count). The molecule has 0 aliphatic rings. The lowest BCUT2D eigenvalue weighted by atomic mass is 10.1. The third-order valence-electron chi connectivity index (χ3n) is 3.74. The summed E-state index contributed by atoms with van der Waals surface area (Å²) >= 11 is 1.41. The van der Waals surface area contributed by atoms with Crippen molar-refractivity contribution in [2.75, 3.05) is 19.0 Å². The fourth-order valence-corrected chi connectivity index (χ4v) is 3.18. The van der Waals surface area contributed by atoms with E-state index in [2.05, 4.69) is 10.3 Å². The van der Waals surface area contributed by atoms with Gasteiger partial charge in [0.05, 0.1) is 25.8 Å². The van der Waals surface area contributed by atoms with Gasteiger partial charge in [0.1, 0.15) is 11.5 Å². The Morgan fingerprint density at radius 1 is 1.08 bits per heavy atom. The van der Waals surface area contributed by atoms with Gasteiger partial charge in [0.15, 0.2) is 5.13 Å². The predicted molar refractivity (Wildman–Crippen MR) is 104 cm³/mol. The van der Waals surface area contributed by atoms with Crippen LogP contribution >= 0.6 is 11.3 Å². The summed E-state index contributed by atoms with van der Waals surface area (Å²) in [6, 6.07) is 15.2. The largest absolute Gasteiger partial charge is 0.497 e. The molecular formula is C20H20N2O3S. The highest BCUT2D eigenvalue weighted by Crippen LogP contribution is 2.26. The quantitative estimate of drug-likeness (QED) is 0.671. The van der Waals surface area contributed by atoms with Crippen molar-refractivity contribution in [2.45, 2.75) is 13.3 Å². The summed E-state index contributed by atoms with van der Waals surface area (Å²) in [6.07, 6.45) is 0.294. The van der Waals surface area contributed by atoms with E-state index in [0.717, 1.165) is 28.3 Å². The van der Waals surface area contributed by atoms with Crippen LogP contribution in [0.4, 0.5) is 5.13 Å². The molecule has 1 N–H and O–H groups in total. The molecule has 0 saturated heterocycles. The van der Waals surface area contributed by atoms with Gasteiger partial charge >= 0.3 is 0 Å². The zero-order valence-corrected chi connectivity index (χ0v) is 15.5. The third kappa shape index (κ3) is 4.61. The van der Waals surface area contributed by atoms with E-state index in [4.69, 9.17) is 9.47 Å². The Bertz CT molecular complexity index is 858. The molecule has 0 unspecified atom stereocenters. The summed E-state index contributed by atoms with van der Waals surface area (Å²) < 4.78 is 10.6. The second-order valence-corrected chi connectivity index (χ2v) is 6.43. The number of amides is 1. The van der Waals surface area contributed by atoms with Crippen LogP contribution in [-0.4, -0.2) is 24.6 Å². The molecule has 0 aliphatic heterocycles. The van der Waals surface area contributed by atoms with Crippen molar-refractivity contribution in [2.24, 2.45) is 0 Å². The van der Waals surface area contributed by atoms with E-state index < -0.39 is 0 Å². The molecule has 1 amide bonds. The molecule has 3 aromatic rings. The summed E-state index contributed by atoms with van der Waals surface area (Å²) in [5, 5.41) is 5.37. The Balaban J connectivity index is 1.61. The molecule has 26 heavy (non-hydrogen) atoms. The molecule has 0 fully saturated rings. The maximum atomic E-state index is 12.2. The molecule has 0 atom stereocenters. The van der Waals surface area contributed by atoms with Crippen LogP contribution in [0.5, 0.6) is 11.5 Å². The van der Waals surface area contributed by atoms with Gasteiger partial charge in [-0.2, -0.15) is 0 Å². The second kappa shape index (κ2) is 8.49. The Hall–Kier alpha value is -2.86. The van der Waals surface area contributed by atoms with Gasteiger partial charge < -0.3 is 14.8 Å². The number of methoxy groups -OCH3 is 1. The van der Waals surface area contributed by atoms with Gasteiger partial charge in [-0.25, -0.2) is 4.98 Å². The van der Waals surface area contributed by atoms with E-state index in [0.29, 0.717) is 18.2 Å². The van der Waals surface area contributed by atoms with Crippen LogP contribution in [0, 0.1) is 0 Å². The van der Waals surface area contributed by atoms with Gasteiger partial charge in [-0.3, -0.25) is 4.79 Å². The summed E-state index contributed by atoms with van der Waals surface area (Å²) in [5.74, 6) is 1.51. The number of thiazole rings is 1. The van der Waals surface area contributed by atoms with Crippen molar-refractivity contribution in [3.05, 3.63) is 59.5 Å².